The molecule has 1 unspecified atom stereocenters. The maximum atomic E-state index is 13.5. The van der Waals surface area contributed by atoms with Gasteiger partial charge in [-0.1, -0.05) is 12.1 Å². The van der Waals surface area contributed by atoms with Crippen molar-refractivity contribution >= 4 is 28.2 Å². The minimum Gasteiger partial charge on any atom is -0.366 e. The number of thiophene rings is 1. The first-order valence-corrected chi connectivity index (χ1v) is 11.2. The molecule has 3 aromatic rings. The van der Waals surface area contributed by atoms with Gasteiger partial charge in [-0.3, -0.25) is 4.98 Å². The number of benzene rings is 1. The summed E-state index contributed by atoms with van der Waals surface area (Å²) in [6, 6.07) is 13.7. The maximum absolute atomic E-state index is 13.5. The summed E-state index contributed by atoms with van der Waals surface area (Å²) in [7, 11) is 0. The third kappa shape index (κ3) is 3.85. The predicted octanol–water partition coefficient (Wildman–Crippen LogP) is 2.82. The van der Waals surface area contributed by atoms with Gasteiger partial charge in [0.2, 0.25) is 0 Å². The van der Waals surface area contributed by atoms with E-state index in [0.29, 0.717) is 6.04 Å². The molecule has 2 N–H and O–H groups in total. The molecule has 154 valence electrons. The number of hydrogen-bond donors (Lipinski definition) is 2. The topological polar surface area (TPSA) is 40.2 Å². The molecule has 0 amide bonds. The minimum absolute atomic E-state index is 0.161. The zero-order valence-electron chi connectivity index (χ0n) is 17.0. The molecule has 30 heavy (non-hydrogen) atoms. The monoisotopic (exact) mass is 420 g/mol. The molecular formula is C24H25FN4S. The van der Waals surface area contributed by atoms with Gasteiger partial charge in [-0.05, 0) is 55.7 Å². The van der Waals surface area contributed by atoms with Crippen LogP contribution in [0.1, 0.15) is 22.4 Å². The third-order valence-electron chi connectivity index (χ3n) is 5.77. The average molecular weight is 421 g/mol. The minimum atomic E-state index is -0.161. The predicted molar refractivity (Wildman–Crippen MR) is 121 cm³/mol. The number of rotatable bonds is 4. The summed E-state index contributed by atoms with van der Waals surface area (Å²) in [4.78, 5) is 8.53. The first-order chi connectivity index (χ1) is 14.7. The number of aryl methyl sites for hydroxylation is 2. The summed E-state index contributed by atoms with van der Waals surface area (Å²) in [6.45, 7) is 4.93. The highest BCUT2D eigenvalue weighted by Crippen LogP contribution is 2.34. The molecule has 1 fully saturated rings. The lowest BCUT2D eigenvalue weighted by Gasteiger charge is -2.36. The third-order valence-corrected chi connectivity index (χ3v) is 6.76. The molecule has 0 aliphatic carbocycles. The van der Waals surface area contributed by atoms with Gasteiger partial charge < -0.3 is 15.5 Å². The fourth-order valence-electron chi connectivity index (χ4n) is 4.38. The van der Waals surface area contributed by atoms with Crippen molar-refractivity contribution in [1.29, 1.82) is 0 Å². The Hall–Kier alpha value is -2.70. The van der Waals surface area contributed by atoms with E-state index < -0.39 is 0 Å². The van der Waals surface area contributed by atoms with E-state index in [0.717, 1.165) is 48.6 Å². The van der Waals surface area contributed by atoms with Crippen molar-refractivity contribution in [1.82, 2.24) is 15.2 Å². The lowest BCUT2D eigenvalue weighted by atomic mass is 10.0. The molecule has 4 heterocycles. The van der Waals surface area contributed by atoms with Gasteiger partial charge >= 0.3 is 0 Å². The fraction of sp³-hybridized carbons (Fsp3) is 0.292. The Balaban J connectivity index is 1.45. The van der Waals surface area contributed by atoms with Crippen molar-refractivity contribution in [2.75, 3.05) is 25.0 Å². The van der Waals surface area contributed by atoms with E-state index in [9.17, 15) is 4.39 Å². The van der Waals surface area contributed by atoms with Crippen molar-refractivity contribution in [3.63, 3.8) is 0 Å². The van der Waals surface area contributed by atoms with Crippen LogP contribution in [0.25, 0.3) is 11.9 Å². The Bertz CT molecular complexity index is 1190. The van der Waals surface area contributed by atoms with Gasteiger partial charge in [0.15, 0.2) is 0 Å². The molecule has 1 saturated heterocycles. The van der Waals surface area contributed by atoms with Crippen LogP contribution in [0.15, 0.2) is 48.7 Å². The molecule has 2 aromatic heterocycles. The Morgan fingerprint density at radius 3 is 3.07 bits per heavy atom. The first kappa shape index (κ1) is 19.3. The van der Waals surface area contributed by atoms with Gasteiger partial charge in [-0.25, -0.2) is 4.39 Å². The van der Waals surface area contributed by atoms with Gasteiger partial charge in [-0.2, -0.15) is 0 Å². The Morgan fingerprint density at radius 1 is 1.23 bits per heavy atom. The van der Waals surface area contributed by atoms with Crippen LogP contribution in [0.5, 0.6) is 0 Å². The van der Waals surface area contributed by atoms with Crippen molar-refractivity contribution < 1.29 is 4.39 Å². The Morgan fingerprint density at radius 2 is 2.17 bits per heavy atom. The molecule has 1 aromatic carbocycles. The van der Waals surface area contributed by atoms with Crippen molar-refractivity contribution in [3.05, 3.63) is 81.1 Å². The smallest absolute Gasteiger partial charge is 0.123 e. The second kappa shape index (κ2) is 8.20. The van der Waals surface area contributed by atoms with E-state index in [-0.39, 0.29) is 5.82 Å². The van der Waals surface area contributed by atoms with Crippen LogP contribution in [-0.2, 0) is 6.42 Å². The Kier molecular flexibility index (Phi) is 5.27. The zero-order valence-corrected chi connectivity index (χ0v) is 17.8. The summed E-state index contributed by atoms with van der Waals surface area (Å²) in [6.07, 6.45) is 5.78. The van der Waals surface area contributed by atoms with Crippen LogP contribution in [0, 0.1) is 12.7 Å². The lowest BCUT2D eigenvalue weighted by molar-refractivity contribution is 0.268. The number of pyridine rings is 1. The molecule has 2 aliphatic heterocycles. The molecule has 2 aliphatic rings. The van der Waals surface area contributed by atoms with Crippen LogP contribution < -0.4 is 21.2 Å². The SMILES string of the molecule is Cc1cc2c(s1)NC=c1cccnc1=C2N1CCNC(CCc2cccc(F)c2)C1. The van der Waals surface area contributed by atoms with Crippen LogP contribution >= 0.6 is 11.3 Å². The van der Waals surface area contributed by atoms with E-state index in [2.05, 4.69) is 40.8 Å². The van der Waals surface area contributed by atoms with Gasteiger partial charge in [0, 0.05) is 53.7 Å². The van der Waals surface area contributed by atoms with Crippen LogP contribution in [-0.4, -0.2) is 35.6 Å². The van der Waals surface area contributed by atoms with Crippen molar-refractivity contribution in [2.45, 2.75) is 25.8 Å². The number of anilines is 1. The van der Waals surface area contributed by atoms with E-state index in [4.69, 9.17) is 4.98 Å². The highest BCUT2D eigenvalue weighted by molar-refractivity contribution is 7.16. The van der Waals surface area contributed by atoms with Gasteiger partial charge in [-0.15, -0.1) is 11.3 Å². The summed E-state index contributed by atoms with van der Waals surface area (Å²) in [5, 5.41) is 10.5. The van der Waals surface area contributed by atoms with Gasteiger partial charge in [0.25, 0.3) is 0 Å². The molecule has 0 bridgehead atoms. The number of piperazine rings is 1. The summed E-state index contributed by atoms with van der Waals surface area (Å²) in [5.41, 5.74) is 3.50. The number of nitrogens with one attached hydrogen (secondary N) is 2. The quantitative estimate of drug-likeness (QED) is 0.681. The number of aromatic nitrogens is 1. The van der Waals surface area contributed by atoms with Crippen LogP contribution in [0.4, 0.5) is 9.39 Å². The van der Waals surface area contributed by atoms with Crippen LogP contribution in [0.2, 0.25) is 0 Å². The number of hydrogen-bond acceptors (Lipinski definition) is 5. The van der Waals surface area contributed by atoms with E-state index in [1.54, 1.807) is 23.5 Å². The largest absolute Gasteiger partial charge is 0.366 e. The zero-order chi connectivity index (χ0) is 20.5. The average Bonchev–Trinajstić information content (AvgIpc) is 3.05. The second-order valence-electron chi connectivity index (χ2n) is 7.94. The van der Waals surface area contributed by atoms with Gasteiger partial charge in [0.1, 0.15) is 10.8 Å². The molecule has 0 spiro atoms. The van der Waals surface area contributed by atoms with Crippen LogP contribution in [0.3, 0.4) is 0 Å². The molecule has 0 saturated carbocycles. The van der Waals surface area contributed by atoms with E-state index in [1.807, 2.05) is 18.3 Å². The van der Waals surface area contributed by atoms with Gasteiger partial charge in [0.05, 0.1) is 11.0 Å². The highest BCUT2D eigenvalue weighted by Gasteiger charge is 2.26. The summed E-state index contributed by atoms with van der Waals surface area (Å²) < 4.78 is 13.5. The van der Waals surface area contributed by atoms with Crippen molar-refractivity contribution in [3.8, 4) is 0 Å². The maximum Gasteiger partial charge on any atom is 0.123 e. The van der Waals surface area contributed by atoms with E-state index >= 15 is 0 Å². The number of fused-ring (bicyclic) bond motifs is 2. The first-order valence-electron chi connectivity index (χ1n) is 10.4. The van der Waals surface area contributed by atoms with E-state index in [1.165, 1.54) is 27.2 Å². The summed E-state index contributed by atoms with van der Waals surface area (Å²) in [5.74, 6) is -0.161. The molecule has 6 heteroatoms. The normalized spacial score (nSPS) is 18.1. The number of nitrogens with zero attached hydrogens (tertiary/aromatic N) is 2. The standard InChI is InChI=1S/C24H25FN4S/c1-16-12-21-23(22-18(5-3-9-27-22)14-28-24(21)30-16)29-11-10-26-20(15-29)8-7-17-4-2-6-19(25)13-17/h2-6,9,12-14,20,26,28H,7-8,10-11,15H2,1H3. The fourth-order valence-corrected chi connectivity index (χ4v) is 5.26. The number of halogens is 1. The molecule has 5 rings (SSSR count). The summed E-state index contributed by atoms with van der Waals surface area (Å²) >= 11 is 1.78. The van der Waals surface area contributed by atoms with Crippen molar-refractivity contribution in [2.24, 2.45) is 0 Å². The second-order valence-corrected chi connectivity index (χ2v) is 9.20. The molecule has 1 atom stereocenters. The molecular weight excluding hydrogens is 395 g/mol. The molecule has 0 radical (unpaired) electrons. The molecule has 4 nitrogen and oxygen atoms in total. The lowest BCUT2D eigenvalue weighted by Crippen LogP contribution is -2.51. The Labute approximate surface area is 179 Å². The highest BCUT2D eigenvalue weighted by atomic mass is 32.1.